The summed E-state index contributed by atoms with van der Waals surface area (Å²) in [5.41, 5.74) is 5.47. The van der Waals surface area contributed by atoms with Crippen molar-refractivity contribution < 1.29 is 13.6 Å². The standard InChI is InChI=1S/C11H18N4O3S/c1-3-15(8-9(2)11(12)14-16)19(17,18)10-5-4-6-13-7-10/h4-7,9,16H,3,8H2,1-2H3,(H2,12,14). The number of hydrogen-bond donors (Lipinski definition) is 2. The third-order valence-electron chi connectivity index (χ3n) is 2.72. The lowest BCUT2D eigenvalue weighted by atomic mass is 10.1. The number of oxime groups is 1. The maximum absolute atomic E-state index is 12.4. The molecule has 1 heterocycles. The van der Waals surface area contributed by atoms with Gasteiger partial charge in [-0.15, -0.1) is 0 Å². The van der Waals surface area contributed by atoms with E-state index in [0.717, 1.165) is 0 Å². The van der Waals surface area contributed by atoms with E-state index in [1.807, 2.05) is 0 Å². The van der Waals surface area contributed by atoms with Crippen LogP contribution in [-0.2, 0) is 10.0 Å². The van der Waals surface area contributed by atoms with Crippen molar-refractivity contribution in [1.82, 2.24) is 9.29 Å². The molecule has 0 radical (unpaired) electrons. The second-order valence-corrected chi connectivity index (χ2v) is 6.01. The van der Waals surface area contributed by atoms with Crippen LogP contribution in [0.2, 0.25) is 0 Å². The number of pyridine rings is 1. The molecule has 1 aromatic rings. The lowest BCUT2D eigenvalue weighted by molar-refractivity contribution is 0.311. The largest absolute Gasteiger partial charge is 0.409 e. The van der Waals surface area contributed by atoms with Crippen LogP contribution in [0.5, 0.6) is 0 Å². The molecule has 7 nitrogen and oxygen atoms in total. The number of amidine groups is 1. The van der Waals surface area contributed by atoms with Gasteiger partial charge in [-0.05, 0) is 12.1 Å². The summed E-state index contributed by atoms with van der Waals surface area (Å²) in [5, 5.41) is 11.5. The van der Waals surface area contributed by atoms with Crippen molar-refractivity contribution in [2.45, 2.75) is 18.7 Å². The van der Waals surface area contributed by atoms with Gasteiger partial charge in [-0.3, -0.25) is 4.98 Å². The molecule has 1 rings (SSSR count). The molecular weight excluding hydrogens is 268 g/mol. The van der Waals surface area contributed by atoms with Crippen molar-refractivity contribution in [2.24, 2.45) is 16.8 Å². The molecule has 0 aliphatic rings. The Labute approximate surface area is 112 Å². The number of hydrogen-bond acceptors (Lipinski definition) is 5. The van der Waals surface area contributed by atoms with Crippen molar-refractivity contribution >= 4 is 15.9 Å². The number of aromatic nitrogens is 1. The van der Waals surface area contributed by atoms with E-state index < -0.39 is 10.0 Å². The molecule has 8 heteroatoms. The summed E-state index contributed by atoms with van der Waals surface area (Å²) < 4.78 is 26.0. The molecule has 0 bridgehead atoms. The Morgan fingerprint density at radius 2 is 2.32 bits per heavy atom. The van der Waals surface area contributed by atoms with E-state index in [2.05, 4.69) is 10.1 Å². The zero-order valence-corrected chi connectivity index (χ0v) is 11.7. The molecule has 1 atom stereocenters. The van der Waals surface area contributed by atoms with Crippen LogP contribution in [0.4, 0.5) is 0 Å². The quantitative estimate of drug-likeness (QED) is 0.342. The maximum Gasteiger partial charge on any atom is 0.244 e. The molecule has 0 aromatic carbocycles. The molecule has 19 heavy (non-hydrogen) atoms. The van der Waals surface area contributed by atoms with Crippen molar-refractivity contribution in [3.05, 3.63) is 24.5 Å². The van der Waals surface area contributed by atoms with Gasteiger partial charge in [-0.1, -0.05) is 19.0 Å². The summed E-state index contributed by atoms with van der Waals surface area (Å²) in [4.78, 5) is 3.93. The van der Waals surface area contributed by atoms with Gasteiger partial charge < -0.3 is 10.9 Å². The lowest BCUT2D eigenvalue weighted by Gasteiger charge is -2.23. The first-order chi connectivity index (χ1) is 8.93. The molecule has 106 valence electrons. The Bertz CT molecular complexity index is 530. The van der Waals surface area contributed by atoms with Crippen molar-refractivity contribution in [1.29, 1.82) is 0 Å². The third-order valence-corrected chi connectivity index (χ3v) is 4.65. The van der Waals surface area contributed by atoms with Gasteiger partial charge in [0.2, 0.25) is 10.0 Å². The summed E-state index contributed by atoms with van der Waals surface area (Å²) >= 11 is 0. The number of nitrogens with two attached hydrogens (primary N) is 1. The first-order valence-electron chi connectivity index (χ1n) is 5.81. The summed E-state index contributed by atoms with van der Waals surface area (Å²) in [6, 6.07) is 3.05. The van der Waals surface area contributed by atoms with Gasteiger partial charge in [0.15, 0.2) is 0 Å². The van der Waals surface area contributed by atoms with E-state index >= 15 is 0 Å². The smallest absolute Gasteiger partial charge is 0.244 e. The highest BCUT2D eigenvalue weighted by atomic mass is 32.2. The molecule has 1 unspecified atom stereocenters. The minimum atomic E-state index is -3.61. The first-order valence-corrected chi connectivity index (χ1v) is 7.25. The van der Waals surface area contributed by atoms with Crippen LogP contribution in [0, 0.1) is 5.92 Å². The van der Waals surface area contributed by atoms with E-state index in [4.69, 9.17) is 10.9 Å². The summed E-state index contributed by atoms with van der Waals surface area (Å²) in [6.07, 6.45) is 2.81. The molecule has 0 aliphatic carbocycles. The Hall–Kier alpha value is -1.67. The first kappa shape index (κ1) is 15.4. The molecule has 0 saturated carbocycles. The van der Waals surface area contributed by atoms with Gasteiger partial charge in [0, 0.05) is 31.4 Å². The van der Waals surface area contributed by atoms with Crippen LogP contribution < -0.4 is 5.73 Å². The average molecular weight is 286 g/mol. The molecule has 0 amide bonds. The lowest BCUT2D eigenvalue weighted by Crippen LogP contribution is -2.38. The molecule has 0 saturated heterocycles. The summed E-state index contributed by atoms with van der Waals surface area (Å²) in [5.74, 6) is -0.378. The fourth-order valence-electron chi connectivity index (χ4n) is 1.54. The predicted octanol–water partition coefficient (Wildman–Crippen LogP) is 0.475. The van der Waals surface area contributed by atoms with Gasteiger partial charge in [-0.25, -0.2) is 8.42 Å². The van der Waals surface area contributed by atoms with Crippen molar-refractivity contribution in [3.8, 4) is 0 Å². The minimum absolute atomic E-state index is 0.000151. The van der Waals surface area contributed by atoms with Crippen molar-refractivity contribution in [2.75, 3.05) is 13.1 Å². The van der Waals surface area contributed by atoms with E-state index in [1.54, 1.807) is 19.9 Å². The number of nitrogens with zero attached hydrogens (tertiary/aromatic N) is 3. The molecule has 0 spiro atoms. The topological polar surface area (TPSA) is 109 Å². The Balaban J connectivity index is 2.98. The zero-order valence-electron chi connectivity index (χ0n) is 10.9. The normalized spacial score (nSPS) is 14.6. The van der Waals surface area contributed by atoms with Crippen LogP contribution in [0.15, 0.2) is 34.6 Å². The van der Waals surface area contributed by atoms with E-state index in [1.165, 1.54) is 22.8 Å². The monoisotopic (exact) mass is 286 g/mol. The minimum Gasteiger partial charge on any atom is -0.409 e. The van der Waals surface area contributed by atoms with Crippen LogP contribution in [-0.4, -0.2) is 41.8 Å². The van der Waals surface area contributed by atoms with Gasteiger partial charge in [0.25, 0.3) is 0 Å². The second-order valence-electron chi connectivity index (χ2n) is 4.07. The highest BCUT2D eigenvalue weighted by Gasteiger charge is 2.25. The predicted molar refractivity (Wildman–Crippen MR) is 71.2 cm³/mol. The van der Waals surface area contributed by atoms with Crippen LogP contribution in [0.25, 0.3) is 0 Å². The third kappa shape index (κ3) is 3.65. The van der Waals surface area contributed by atoms with E-state index in [9.17, 15) is 8.42 Å². The average Bonchev–Trinajstić information content (AvgIpc) is 2.44. The maximum atomic E-state index is 12.4. The van der Waals surface area contributed by atoms with Crippen molar-refractivity contribution in [3.63, 3.8) is 0 Å². The number of rotatable bonds is 6. The Morgan fingerprint density at radius 3 is 2.79 bits per heavy atom. The Kier molecular flexibility index (Phi) is 5.25. The van der Waals surface area contributed by atoms with Gasteiger partial charge in [0.1, 0.15) is 10.7 Å². The van der Waals surface area contributed by atoms with E-state index in [0.29, 0.717) is 6.54 Å². The van der Waals surface area contributed by atoms with Gasteiger partial charge in [-0.2, -0.15) is 4.31 Å². The van der Waals surface area contributed by atoms with E-state index in [-0.39, 0.29) is 23.2 Å². The van der Waals surface area contributed by atoms with Crippen LogP contribution in [0.3, 0.4) is 0 Å². The highest BCUT2D eigenvalue weighted by molar-refractivity contribution is 7.89. The fraction of sp³-hybridized carbons (Fsp3) is 0.455. The summed E-state index contributed by atoms with van der Waals surface area (Å²) in [7, 11) is -3.61. The van der Waals surface area contributed by atoms with Crippen LogP contribution >= 0.6 is 0 Å². The second kappa shape index (κ2) is 6.48. The zero-order chi connectivity index (χ0) is 14.5. The molecule has 1 aromatic heterocycles. The highest BCUT2D eigenvalue weighted by Crippen LogP contribution is 2.15. The van der Waals surface area contributed by atoms with Gasteiger partial charge in [0.05, 0.1) is 0 Å². The molecular formula is C11H18N4O3S. The molecule has 0 aliphatic heterocycles. The Morgan fingerprint density at radius 1 is 1.63 bits per heavy atom. The fourth-order valence-corrected chi connectivity index (χ4v) is 3.05. The summed E-state index contributed by atoms with van der Waals surface area (Å²) in [6.45, 7) is 3.85. The van der Waals surface area contributed by atoms with Gasteiger partial charge >= 0.3 is 0 Å². The SMILES string of the molecule is CCN(CC(C)C(N)=NO)S(=O)(=O)c1cccnc1. The van der Waals surface area contributed by atoms with Crippen LogP contribution in [0.1, 0.15) is 13.8 Å². The molecule has 3 N–H and O–H groups in total. The number of sulfonamides is 1. The molecule has 0 fully saturated rings.